The van der Waals surface area contributed by atoms with Crippen LogP contribution in [0.2, 0.25) is 0 Å². The molecule has 3 heteroatoms. The summed E-state index contributed by atoms with van der Waals surface area (Å²) in [7, 11) is 0. The van der Waals surface area contributed by atoms with Gasteiger partial charge in [0.15, 0.2) is 0 Å². The van der Waals surface area contributed by atoms with Crippen LogP contribution in [0.15, 0.2) is 46.9 Å². The average molecular weight is 290 g/mol. The Kier molecular flexibility index (Phi) is 2.30. The highest BCUT2D eigenvalue weighted by Gasteiger charge is 2.03. The highest BCUT2D eigenvalue weighted by molar-refractivity contribution is 9.10. The van der Waals surface area contributed by atoms with Crippen molar-refractivity contribution in [1.82, 2.24) is 4.98 Å². The minimum atomic E-state index is 0.908. The van der Waals surface area contributed by atoms with Gasteiger partial charge in [-0.3, -0.25) is 0 Å². The number of halogens is 1. The molecule has 0 bridgehead atoms. The second-order valence-electron chi connectivity index (χ2n) is 3.66. The molecule has 1 aromatic heterocycles. The molecule has 0 aliphatic heterocycles. The molecule has 0 aliphatic carbocycles. The molecule has 0 fully saturated rings. The van der Waals surface area contributed by atoms with Gasteiger partial charge < -0.3 is 4.98 Å². The Balaban J connectivity index is 2.67. The van der Waals surface area contributed by atoms with Crippen molar-refractivity contribution in [3.8, 4) is 0 Å². The molecule has 1 heterocycles. The van der Waals surface area contributed by atoms with E-state index >= 15 is 0 Å². The fraction of sp³-hybridized carbons (Fsp3) is 0. The third-order valence-corrected chi connectivity index (χ3v) is 3.79. The molecule has 3 aromatic rings. The Hall–Kier alpha value is -1.19. The maximum atomic E-state index is 5.51. The smallest absolute Gasteiger partial charge is 0.0617 e. The van der Waals surface area contributed by atoms with E-state index in [1.807, 2.05) is 36.4 Å². The van der Waals surface area contributed by atoms with Gasteiger partial charge in [0.1, 0.15) is 0 Å². The van der Waals surface area contributed by atoms with Gasteiger partial charge in [0, 0.05) is 20.8 Å². The summed E-state index contributed by atoms with van der Waals surface area (Å²) in [6.07, 6.45) is 0. The zero-order valence-electron chi connectivity index (χ0n) is 8.33. The van der Waals surface area contributed by atoms with Crippen LogP contribution in [0.25, 0.3) is 21.8 Å². The predicted octanol–water partition coefficient (Wildman–Crippen LogP) is 4.81. The Morgan fingerprint density at radius 2 is 1.69 bits per heavy atom. The third-order valence-electron chi connectivity index (χ3n) is 2.69. The maximum absolute atomic E-state index is 5.51. The normalized spacial score (nSPS) is 11.1. The predicted molar refractivity (Wildman–Crippen MR) is 74.3 cm³/mol. The van der Waals surface area contributed by atoms with Gasteiger partial charge >= 0.3 is 0 Å². The lowest BCUT2D eigenvalue weighted by molar-refractivity contribution is 1.48. The number of hydrogen-bond donors (Lipinski definition) is 1. The summed E-state index contributed by atoms with van der Waals surface area (Å²) in [6, 6.07) is 14.2. The van der Waals surface area contributed by atoms with Crippen molar-refractivity contribution in [2.45, 2.75) is 0 Å². The molecular formula is C13H8BrNS. The van der Waals surface area contributed by atoms with Gasteiger partial charge in [-0.15, -0.1) is 0 Å². The lowest BCUT2D eigenvalue weighted by atomic mass is 10.1. The molecule has 0 spiro atoms. The van der Waals surface area contributed by atoms with Gasteiger partial charge in [0.05, 0.1) is 10.0 Å². The van der Waals surface area contributed by atoms with Crippen molar-refractivity contribution in [2.24, 2.45) is 0 Å². The lowest BCUT2D eigenvalue weighted by Gasteiger charge is -2.05. The van der Waals surface area contributed by atoms with Crippen LogP contribution >= 0.6 is 28.1 Å². The van der Waals surface area contributed by atoms with E-state index in [0.29, 0.717) is 0 Å². The molecule has 3 rings (SSSR count). The number of pyridine rings is 1. The lowest BCUT2D eigenvalue weighted by Crippen LogP contribution is -1.84. The van der Waals surface area contributed by atoms with Crippen LogP contribution < -0.4 is 0 Å². The van der Waals surface area contributed by atoms with Crippen LogP contribution in [0.1, 0.15) is 0 Å². The first-order chi connectivity index (χ1) is 7.77. The third kappa shape index (κ3) is 1.39. The highest BCUT2D eigenvalue weighted by atomic mass is 79.9. The number of rotatable bonds is 0. The summed E-state index contributed by atoms with van der Waals surface area (Å²) in [5, 5.41) is 2.19. The molecule has 0 aliphatic rings. The van der Waals surface area contributed by atoms with Gasteiger partial charge in [-0.05, 0) is 28.1 Å². The van der Waals surface area contributed by atoms with E-state index in [1.54, 1.807) is 0 Å². The quantitative estimate of drug-likeness (QED) is 0.464. The molecule has 1 nitrogen and oxygen atoms in total. The molecule has 78 valence electrons. The Labute approximate surface area is 106 Å². The first-order valence-electron chi connectivity index (χ1n) is 4.96. The Morgan fingerprint density at radius 3 is 2.56 bits per heavy atom. The summed E-state index contributed by atoms with van der Waals surface area (Å²) in [6.45, 7) is 0. The molecular weight excluding hydrogens is 282 g/mol. The number of aromatic amines is 1. The number of H-pyrrole nitrogens is 1. The van der Waals surface area contributed by atoms with E-state index in [-0.39, 0.29) is 0 Å². The Bertz CT molecular complexity index is 746. The number of hydrogen-bond acceptors (Lipinski definition) is 1. The van der Waals surface area contributed by atoms with Gasteiger partial charge in [-0.1, -0.05) is 42.5 Å². The molecule has 0 unspecified atom stereocenters. The summed E-state index contributed by atoms with van der Waals surface area (Å²) in [4.78, 5) is 3.40. The van der Waals surface area contributed by atoms with E-state index in [0.717, 1.165) is 30.8 Å². The van der Waals surface area contributed by atoms with Crippen molar-refractivity contribution in [2.75, 3.05) is 0 Å². The standard InChI is InChI=1S/C13H8BrNS/c14-10-6-3-5-9-12(10)15-11-7-2-1-4-8(11)13(9)16/h1-7H,(H,15,16). The van der Waals surface area contributed by atoms with Crippen LogP contribution in [0, 0.1) is 4.51 Å². The molecule has 0 radical (unpaired) electrons. The molecule has 0 amide bonds. The summed E-state index contributed by atoms with van der Waals surface area (Å²) >= 11 is 9.05. The van der Waals surface area contributed by atoms with E-state index < -0.39 is 0 Å². The zero-order valence-corrected chi connectivity index (χ0v) is 10.7. The topological polar surface area (TPSA) is 15.8 Å². The number of nitrogens with one attached hydrogen (secondary N) is 1. The first-order valence-corrected chi connectivity index (χ1v) is 6.17. The molecule has 16 heavy (non-hydrogen) atoms. The van der Waals surface area contributed by atoms with E-state index in [1.165, 1.54) is 0 Å². The molecule has 2 aromatic carbocycles. The van der Waals surface area contributed by atoms with Gasteiger partial charge in [-0.2, -0.15) is 0 Å². The van der Waals surface area contributed by atoms with Crippen molar-refractivity contribution in [3.05, 3.63) is 51.4 Å². The number of aromatic nitrogens is 1. The van der Waals surface area contributed by atoms with Crippen molar-refractivity contribution in [1.29, 1.82) is 0 Å². The van der Waals surface area contributed by atoms with Gasteiger partial charge in [0.2, 0.25) is 0 Å². The molecule has 0 atom stereocenters. The Morgan fingerprint density at radius 1 is 0.938 bits per heavy atom. The fourth-order valence-corrected chi connectivity index (χ4v) is 2.72. The average Bonchev–Trinajstić information content (AvgIpc) is 2.31. The minimum Gasteiger partial charge on any atom is -0.354 e. The maximum Gasteiger partial charge on any atom is 0.0617 e. The first kappa shape index (κ1) is 10.00. The fourth-order valence-electron chi connectivity index (χ4n) is 1.91. The number of fused-ring (bicyclic) bond motifs is 2. The second-order valence-corrected chi connectivity index (χ2v) is 4.92. The minimum absolute atomic E-state index is 0.908. The van der Waals surface area contributed by atoms with Crippen LogP contribution in [-0.2, 0) is 0 Å². The second kappa shape index (κ2) is 3.68. The van der Waals surface area contributed by atoms with Crippen LogP contribution in [0.4, 0.5) is 0 Å². The van der Waals surface area contributed by atoms with E-state index in [4.69, 9.17) is 12.2 Å². The largest absolute Gasteiger partial charge is 0.354 e. The SMILES string of the molecule is S=c1c2ccccc2[nH]c2c(Br)cccc12. The van der Waals surface area contributed by atoms with Crippen LogP contribution in [-0.4, -0.2) is 4.98 Å². The van der Waals surface area contributed by atoms with Crippen LogP contribution in [0.3, 0.4) is 0 Å². The highest BCUT2D eigenvalue weighted by Crippen LogP contribution is 2.27. The summed E-state index contributed by atoms with van der Waals surface area (Å²) in [5.74, 6) is 0. The van der Waals surface area contributed by atoms with Crippen molar-refractivity contribution >= 4 is 50.0 Å². The van der Waals surface area contributed by atoms with Crippen molar-refractivity contribution in [3.63, 3.8) is 0 Å². The monoisotopic (exact) mass is 289 g/mol. The van der Waals surface area contributed by atoms with Gasteiger partial charge in [0.25, 0.3) is 0 Å². The summed E-state index contributed by atoms with van der Waals surface area (Å²) in [5.41, 5.74) is 2.14. The molecule has 1 N–H and O–H groups in total. The molecule has 0 saturated carbocycles. The van der Waals surface area contributed by atoms with Crippen molar-refractivity contribution < 1.29 is 0 Å². The van der Waals surface area contributed by atoms with Crippen LogP contribution in [0.5, 0.6) is 0 Å². The molecule has 0 saturated heterocycles. The summed E-state index contributed by atoms with van der Waals surface area (Å²) < 4.78 is 1.95. The number of para-hydroxylation sites is 2. The number of benzene rings is 2. The zero-order chi connectivity index (χ0) is 11.1. The van der Waals surface area contributed by atoms with Gasteiger partial charge in [-0.25, -0.2) is 0 Å². The van der Waals surface area contributed by atoms with E-state index in [2.05, 4.69) is 27.0 Å². The van der Waals surface area contributed by atoms with E-state index in [9.17, 15) is 0 Å².